The molecule has 1 aromatic rings. The van der Waals surface area contributed by atoms with Crippen LogP contribution in [-0.4, -0.2) is 16.9 Å². The summed E-state index contributed by atoms with van der Waals surface area (Å²) in [6.07, 6.45) is 1.52. The van der Waals surface area contributed by atoms with Gasteiger partial charge >= 0.3 is 0 Å². The molecule has 0 radical (unpaired) electrons. The van der Waals surface area contributed by atoms with Crippen molar-refractivity contribution in [2.75, 3.05) is 5.73 Å². The van der Waals surface area contributed by atoms with Crippen LogP contribution in [0.3, 0.4) is 0 Å². The standard InChI is InChI=1S/C12H19N3O/c1-7(2)9(4)15-12(16)10-6-14-8(3)5-11(10)13/h5-7,9H,1-4H3,(H2,13,14)(H,15,16). The van der Waals surface area contributed by atoms with Gasteiger partial charge in [-0.05, 0) is 25.8 Å². The van der Waals surface area contributed by atoms with Gasteiger partial charge in [0, 0.05) is 23.6 Å². The summed E-state index contributed by atoms with van der Waals surface area (Å²) in [7, 11) is 0. The van der Waals surface area contributed by atoms with E-state index in [9.17, 15) is 4.79 Å². The Labute approximate surface area is 96.3 Å². The average Bonchev–Trinajstić information content (AvgIpc) is 2.16. The largest absolute Gasteiger partial charge is 0.398 e. The van der Waals surface area contributed by atoms with E-state index in [1.54, 1.807) is 6.07 Å². The highest BCUT2D eigenvalue weighted by Crippen LogP contribution is 2.12. The molecule has 0 aliphatic rings. The van der Waals surface area contributed by atoms with Crippen LogP contribution in [0.4, 0.5) is 5.69 Å². The summed E-state index contributed by atoms with van der Waals surface area (Å²) in [6.45, 7) is 7.93. The highest BCUT2D eigenvalue weighted by molar-refractivity contribution is 5.98. The van der Waals surface area contributed by atoms with E-state index in [0.29, 0.717) is 17.2 Å². The summed E-state index contributed by atoms with van der Waals surface area (Å²) < 4.78 is 0. The van der Waals surface area contributed by atoms with E-state index < -0.39 is 0 Å². The van der Waals surface area contributed by atoms with Crippen molar-refractivity contribution in [2.24, 2.45) is 5.92 Å². The number of aromatic nitrogens is 1. The minimum absolute atomic E-state index is 0.119. The van der Waals surface area contributed by atoms with Crippen LogP contribution in [0, 0.1) is 12.8 Å². The van der Waals surface area contributed by atoms with E-state index in [0.717, 1.165) is 5.69 Å². The van der Waals surface area contributed by atoms with Crippen molar-refractivity contribution in [2.45, 2.75) is 33.7 Å². The quantitative estimate of drug-likeness (QED) is 0.817. The number of nitrogens with zero attached hydrogens (tertiary/aromatic N) is 1. The first-order valence-corrected chi connectivity index (χ1v) is 5.44. The number of anilines is 1. The lowest BCUT2D eigenvalue weighted by Gasteiger charge is -2.17. The number of nitrogens with one attached hydrogen (secondary N) is 1. The van der Waals surface area contributed by atoms with Gasteiger partial charge < -0.3 is 11.1 Å². The van der Waals surface area contributed by atoms with Crippen molar-refractivity contribution in [3.8, 4) is 0 Å². The average molecular weight is 221 g/mol. The first-order valence-electron chi connectivity index (χ1n) is 5.44. The van der Waals surface area contributed by atoms with E-state index in [-0.39, 0.29) is 11.9 Å². The zero-order valence-corrected chi connectivity index (χ0v) is 10.2. The Morgan fingerprint density at radius 2 is 2.06 bits per heavy atom. The van der Waals surface area contributed by atoms with Gasteiger partial charge in [-0.2, -0.15) is 0 Å². The molecule has 0 aliphatic carbocycles. The molecule has 0 fully saturated rings. The second-order valence-electron chi connectivity index (χ2n) is 4.42. The third-order valence-corrected chi connectivity index (χ3v) is 2.68. The van der Waals surface area contributed by atoms with Gasteiger partial charge in [0.25, 0.3) is 5.91 Å². The smallest absolute Gasteiger partial charge is 0.255 e. The molecule has 88 valence electrons. The highest BCUT2D eigenvalue weighted by atomic mass is 16.1. The van der Waals surface area contributed by atoms with Crippen LogP contribution in [0.2, 0.25) is 0 Å². The number of nitrogen functional groups attached to an aromatic ring is 1. The summed E-state index contributed by atoms with van der Waals surface area (Å²) in [6, 6.07) is 1.82. The third kappa shape index (κ3) is 2.95. The van der Waals surface area contributed by atoms with E-state index in [1.165, 1.54) is 6.20 Å². The fourth-order valence-electron chi connectivity index (χ4n) is 1.22. The van der Waals surface area contributed by atoms with Gasteiger partial charge in [0.15, 0.2) is 0 Å². The van der Waals surface area contributed by atoms with E-state index in [1.807, 2.05) is 13.8 Å². The Kier molecular flexibility index (Phi) is 3.88. The molecule has 1 amide bonds. The number of nitrogens with two attached hydrogens (primary N) is 1. The molecule has 1 aromatic heterocycles. The van der Waals surface area contributed by atoms with Crippen molar-refractivity contribution in [1.29, 1.82) is 0 Å². The molecule has 3 N–H and O–H groups in total. The van der Waals surface area contributed by atoms with Gasteiger partial charge in [-0.25, -0.2) is 0 Å². The van der Waals surface area contributed by atoms with E-state index in [2.05, 4.69) is 24.1 Å². The fraction of sp³-hybridized carbons (Fsp3) is 0.500. The molecule has 1 unspecified atom stereocenters. The van der Waals surface area contributed by atoms with Crippen molar-refractivity contribution in [3.63, 3.8) is 0 Å². The number of carbonyl (C=O) groups excluding carboxylic acids is 1. The van der Waals surface area contributed by atoms with Crippen LogP contribution in [0.1, 0.15) is 36.8 Å². The fourth-order valence-corrected chi connectivity index (χ4v) is 1.22. The molecule has 1 atom stereocenters. The van der Waals surface area contributed by atoms with Gasteiger partial charge in [0.05, 0.1) is 5.56 Å². The maximum absolute atomic E-state index is 11.9. The van der Waals surface area contributed by atoms with E-state index >= 15 is 0 Å². The molecule has 0 saturated heterocycles. The summed E-state index contributed by atoms with van der Waals surface area (Å²) in [4.78, 5) is 15.9. The van der Waals surface area contributed by atoms with Gasteiger partial charge in [-0.3, -0.25) is 9.78 Å². The summed E-state index contributed by atoms with van der Waals surface area (Å²) >= 11 is 0. The lowest BCUT2D eigenvalue weighted by molar-refractivity contribution is 0.0931. The molecule has 16 heavy (non-hydrogen) atoms. The van der Waals surface area contributed by atoms with Crippen molar-refractivity contribution in [3.05, 3.63) is 23.5 Å². The Hall–Kier alpha value is -1.58. The number of amides is 1. The predicted molar refractivity (Wildman–Crippen MR) is 65.2 cm³/mol. The normalized spacial score (nSPS) is 12.6. The molecule has 1 heterocycles. The van der Waals surface area contributed by atoms with Gasteiger partial charge in [-0.1, -0.05) is 13.8 Å². The molecule has 0 aromatic carbocycles. The molecule has 1 rings (SSSR count). The molecule has 4 heteroatoms. The maximum atomic E-state index is 11.9. The summed E-state index contributed by atoms with van der Waals surface area (Å²) in [5, 5.41) is 2.90. The van der Waals surface area contributed by atoms with Crippen LogP contribution in [0.15, 0.2) is 12.3 Å². The molecular formula is C12H19N3O. The second kappa shape index (κ2) is 4.96. The van der Waals surface area contributed by atoms with Gasteiger partial charge in [0.2, 0.25) is 0 Å². The van der Waals surface area contributed by atoms with Crippen LogP contribution in [0.25, 0.3) is 0 Å². The third-order valence-electron chi connectivity index (χ3n) is 2.68. The number of hydrogen-bond donors (Lipinski definition) is 2. The maximum Gasteiger partial charge on any atom is 0.255 e. The molecule has 4 nitrogen and oxygen atoms in total. The van der Waals surface area contributed by atoms with Gasteiger partial charge in [-0.15, -0.1) is 0 Å². The zero-order chi connectivity index (χ0) is 12.3. The number of carbonyl (C=O) groups is 1. The van der Waals surface area contributed by atoms with Crippen LogP contribution in [0.5, 0.6) is 0 Å². The lowest BCUT2D eigenvalue weighted by Crippen LogP contribution is -2.36. The summed E-state index contributed by atoms with van der Waals surface area (Å²) in [5.41, 5.74) is 7.50. The Morgan fingerprint density at radius 3 is 2.56 bits per heavy atom. The molecule has 0 spiro atoms. The van der Waals surface area contributed by atoms with Crippen molar-refractivity contribution in [1.82, 2.24) is 10.3 Å². The van der Waals surface area contributed by atoms with Crippen LogP contribution in [-0.2, 0) is 0 Å². The second-order valence-corrected chi connectivity index (χ2v) is 4.42. The van der Waals surface area contributed by atoms with Crippen LogP contribution < -0.4 is 11.1 Å². The number of aryl methyl sites for hydroxylation is 1. The molecule has 0 saturated carbocycles. The zero-order valence-electron chi connectivity index (χ0n) is 10.2. The predicted octanol–water partition coefficient (Wildman–Crippen LogP) is 1.75. The van der Waals surface area contributed by atoms with E-state index in [4.69, 9.17) is 5.73 Å². The number of rotatable bonds is 3. The monoisotopic (exact) mass is 221 g/mol. The Balaban J connectivity index is 2.81. The minimum Gasteiger partial charge on any atom is -0.398 e. The minimum atomic E-state index is -0.161. The Morgan fingerprint density at radius 1 is 1.44 bits per heavy atom. The molecule has 0 bridgehead atoms. The Bertz CT molecular complexity index is 388. The number of pyridine rings is 1. The number of hydrogen-bond acceptors (Lipinski definition) is 3. The lowest BCUT2D eigenvalue weighted by atomic mass is 10.1. The topological polar surface area (TPSA) is 68.0 Å². The first-order chi connectivity index (χ1) is 7.41. The van der Waals surface area contributed by atoms with Crippen molar-refractivity contribution >= 4 is 11.6 Å². The summed E-state index contributed by atoms with van der Waals surface area (Å²) in [5.74, 6) is 0.231. The SMILES string of the molecule is Cc1cc(N)c(C(=O)NC(C)C(C)C)cn1. The van der Waals surface area contributed by atoms with Crippen LogP contribution >= 0.6 is 0 Å². The molecular weight excluding hydrogens is 202 g/mol. The molecule has 0 aliphatic heterocycles. The van der Waals surface area contributed by atoms with Crippen molar-refractivity contribution < 1.29 is 4.79 Å². The van der Waals surface area contributed by atoms with Gasteiger partial charge in [0.1, 0.15) is 0 Å². The first kappa shape index (κ1) is 12.5. The highest BCUT2D eigenvalue weighted by Gasteiger charge is 2.14.